The molecule has 7 nitrogen and oxygen atoms in total. The summed E-state index contributed by atoms with van der Waals surface area (Å²) < 4.78 is 63.6. The van der Waals surface area contributed by atoms with Gasteiger partial charge in [-0.2, -0.15) is 18.3 Å². The first-order chi connectivity index (χ1) is 16.7. The second-order valence-electron chi connectivity index (χ2n) is 8.31. The van der Waals surface area contributed by atoms with E-state index in [0.29, 0.717) is 37.0 Å². The smallest absolute Gasteiger partial charge is 0.416 e. The molecule has 0 N–H and O–H groups in total. The van der Waals surface area contributed by atoms with Crippen LogP contribution in [0.15, 0.2) is 55.0 Å². The fraction of sp³-hybridized carbons (Fsp3) is 0.292. The molecule has 11 heteroatoms. The van der Waals surface area contributed by atoms with Crippen LogP contribution in [0.5, 0.6) is 0 Å². The normalized spacial score (nSPS) is 18.1. The maximum absolute atomic E-state index is 13.9. The van der Waals surface area contributed by atoms with Crippen LogP contribution in [0.4, 0.5) is 17.6 Å². The van der Waals surface area contributed by atoms with Gasteiger partial charge in [-0.25, -0.2) is 19.0 Å². The zero-order valence-corrected chi connectivity index (χ0v) is 19.0. The van der Waals surface area contributed by atoms with Crippen molar-refractivity contribution in [2.24, 2.45) is 0 Å². The predicted molar refractivity (Wildman–Crippen MR) is 120 cm³/mol. The average molecular weight is 486 g/mol. The predicted octanol–water partition coefficient (Wildman–Crippen LogP) is 4.79. The number of allylic oxidation sites excluding steroid dienone is 2. The number of hydrogen-bond donors (Lipinski definition) is 0. The van der Waals surface area contributed by atoms with Crippen molar-refractivity contribution in [3.63, 3.8) is 0 Å². The zero-order chi connectivity index (χ0) is 24.7. The molecule has 0 saturated carbocycles. The topological polar surface area (TPSA) is 61.0 Å². The molecular weight excluding hydrogens is 464 g/mol. The minimum atomic E-state index is -4.59. The number of benzene rings is 1. The lowest BCUT2D eigenvalue weighted by Gasteiger charge is -2.26. The summed E-state index contributed by atoms with van der Waals surface area (Å²) in [6.45, 7) is 2.84. The maximum atomic E-state index is 13.9. The summed E-state index contributed by atoms with van der Waals surface area (Å²) in [6, 6.07) is 2.56. The van der Waals surface area contributed by atoms with E-state index in [1.807, 2.05) is 34.7 Å². The van der Waals surface area contributed by atoms with Gasteiger partial charge < -0.3 is 14.2 Å². The van der Waals surface area contributed by atoms with Crippen molar-refractivity contribution in [1.29, 1.82) is 0 Å². The molecule has 0 amide bonds. The first-order valence-electron chi connectivity index (χ1n) is 11.0. The van der Waals surface area contributed by atoms with Crippen LogP contribution in [0, 0.1) is 12.7 Å². The van der Waals surface area contributed by atoms with E-state index >= 15 is 0 Å². The molecule has 3 aromatic rings. The number of nitrogens with zero attached hydrogens (tertiary/aromatic N) is 6. The molecule has 0 aliphatic carbocycles. The third-order valence-corrected chi connectivity index (χ3v) is 6.00. The number of aryl methyl sites for hydroxylation is 2. The van der Waals surface area contributed by atoms with E-state index in [0.717, 1.165) is 29.6 Å². The van der Waals surface area contributed by atoms with E-state index < -0.39 is 23.5 Å². The Morgan fingerprint density at radius 2 is 2.06 bits per heavy atom. The maximum Gasteiger partial charge on any atom is 0.416 e. The van der Waals surface area contributed by atoms with E-state index in [1.165, 1.54) is 0 Å². The average Bonchev–Trinajstić information content (AvgIpc) is 3.52. The number of imidazole rings is 1. The van der Waals surface area contributed by atoms with E-state index in [4.69, 9.17) is 4.74 Å². The highest BCUT2D eigenvalue weighted by molar-refractivity contribution is 5.61. The van der Waals surface area contributed by atoms with Gasteiger partial charge in [-0.1, -0.05) is 6.08 Å². The molecule has 35 heavy (non-hydrogen) atoms. The standard InChI is InChI=1S/C24H22F4N6O/c1-15-13-33(14-29-15)20-4-3-9-32(23(20)35-2)10-8-21-30-22-17(7-11-34(22)31-21)18-12-16(25)5-6-19(18)24(26,27)28/h3-6,8,10,12-14,17H,7,9,11H2,1-2H3/b10-8+/t17-/m0/s1. The molecule has 4 heterocycles. The van der Waals surface area contributed by atoms with Crippen molar-refractivity contribution in [3.05, 3.63) is 89.2 Å². The number of rotatable bonds is 5. The molecular formula is C24H22F4N6O. The molecule has 0 spiro atoms. The molecule has 0 fully saturated rings. The number of fused-ring (bicyclic) bond motifs is 1. The highest BCUT2D eigenvalue weighted by Gasteiger charge is 2.38. The van der Waals surface area contributed by atoms with Gasteiger partial charge in [0.1, 0.15) is 17.3 Å². The van der Waals surface area contributed by atoms with Crippen molar-refractivity contribution in [2.45, 2.75) is 32.0 Å². The van der Waals surface area contributed by atoms with Gasteiger partial charge >= 0.3 is 6.18 Å². The van der Waals surface area contributed by atoms with Gasteiger partial charge in [-0.15, -0.1) is 0 Å². The summed E-state index contributed by atoms with van der Waals surface area (Å²) in [5.41, 5.74) is 0.697. The lowest BCUT2D eigenvalue weighted by Crippen LogP contribution is -2.23. The number of alkyl halides is 3. The molecule has 5 rings (SSSR count). The fourth-order valence-corrected chi connectivity index (χ4v) is 4.46. The van der Waals surface area contributed by atoms with Gasteiger partial charge in [-0.3, -0.25) is 0 Å². The summed E-state index contributed by atoms with van der Waals surface area (Å²) in [6.07, 6.45) is 6.71. The van der Waals surface area contributed by atoms with Gasteiger partial charge in [0.05, 0.1) is 24.7 Å². The van der Waals surface area contributed by atoms with Crippen LogP contribution in [0.1, 0.15) is 40.8 Å². The van der Waals surface area contributed by atoms with Crippen molar-refractivity contribution in [1.82, 2.24) is 29.2 Å². The van der Waals surface area contributed by atoms with E-state index in [9.17, 15) is 17.6 Å². The van der Waals surface area contributed by atoms with Gasteiger partial charge in [-0.05, 0) is 43.2 Å². The molecule has 0 bridgehead atoms. The molecule has 182 valence electrons. The van der Waals surface area contributed by atoms with Crippen LogP contribution in [0.3, 0.4) is 0 Å². The van der Waals surface area contributed by atoms with Gasteiger partial charge in [0, 0.05) is 37.5 Å². The summed E-state index contributed by atoms with van der Waals surface area (Å²) in [4.78, 5) is 10.6. The van der Waals surface area contributed by atoms with E-state index in [2.05, 4.69) is 15.1 Å². The summed E-state index contributed by atoms with van der Waals surface area (Å²) in [5, 5.41) is 4.42. The largest absolute Gasteiger partial charge is 0.481 e. The Morgan fingerprint density at radius 3 is 2.77 bits per heavy atom. The quantitative estimate of drug-likeness (QED) is 0.486. The van der Waals surface area contributed by atoms with Gasteiger partial charge in [0.2, 0.25) is 5.88 Å². The fourth-order valence-electron chi connectivity index (χ4n) is 4.46. The Morgan fingerprint density at radius 1 is 1.23 bits per heavy atom. The van der Waals surface area contributed by atoms with Crippen LogP contribution < -0.4 is 0 Å². The minimum Gasteiger partial charge on any atom is -0.481 e. The van der Waals surface area contributed by atoms with E-state index in [1.54, 1.807) is 30.4 Å². The van der Waals surface area contributed by atoms with Crippen LogP contribution in [-0.4, -0.2) is 42.9 Å². The SMILES string of the molecule is COC1=C(n2cnc(C)c2)C=CCN1/C=C/c1nc2n(n1)CC[C@H]2c1cc(F)ccc1C(F)(F)F. The molecule has 1 atom stereocenters. The number of ether oxygens (including phenoxy) is 1. The van der Waals surface area contributed by atoms with Crippen LogP contribution >= 0.6 is 0 Å². The Kier molecular flexibility index (Phi) is 5.70. The van der Waals surface area contributed by atoms with Crippen molar-refractivity contribution < 1.29 is 22.3 Å². The summed E-state index contributed by atoms with van der Waals surface area (Å²) >= 11 is 0. The Hall–Kier alpha value is -3.89. The number of aromatic nitrogens is 5. The molecule has 2 aliphatic heterocycles. The zero-order valence-electron chi connectivity index (χ0n) is 19.0. The molecule has 0 unspecified atom stereocenters. The number of methoxy groups -OCH3 is 1. The molecule has 0 radical (unpaired) electrons. The molecule has 2 aromatic heterocycles. The molecule has 2 aliphatic rings. The number of halogens is 4. The number of hydrogen-bond acceptors (Lipinski definition) is 5. The third kappa shape index (κ3) is 4.33. The second-order valence-corrected chi connectivity index (χ2v) is 8.31. The van der Waals surface area contributed by atoms with Crippen LogP contribution in [-0.2, 0) is 17.5 Å². The van der Waals surface area contributed by atoms with Crippen molar-refractivity contribution in [2.75, 3.05) is 13.7 Å². The first kappa shape index (κ1) is 22.9. The molecule has 1 aromatic carbocycles. The third-order valence-electron chi connectivity index (χ3n) is 6.00. The Bertz CT molecular complexity index is 1350. The highest BCUT2D eigenvalue weighted by Crippen LogP contribution is 2.41. The Balaban J connectivity index is 1.43. The summed E-state index contributed by atoms with van der Waals surface area (Å²) in [5.74, 6) is -0.0798. The van der Waals surface area contributed by atoms with Crippen LogP contribution in [0.25, 0.3) is 11.8 Å². The highest BCUT2D eigenvalue weighted by atomic mass is 19.4. The van der Waals surface area contributed by atoms with Gasteiger partial charge in [0.25, 0.3) is 0 Å². The lowest BCUT2D eigenvalue weighted by atomic mass is 9.92. The van der Waals surface area contributed by atoms with Crippen molar-refractivity contribution >= 4 is 11.8 Å². The lowest BCUT2D eigenvalue weighted by molar-refractivity contribution is -0.138. The minimum absolute atomic E-state index is 0.120. The van der Waals surface area contributed by atoms with E-state index in [-0.39, 0.29) is 5.56 Å². The summed E-state index contributed by atoms with van der Waals surface area (Å²) in [7, 11) is 1.57. The molecule has 0 saturated heterocycles. The first-order valence-corrected chi connectivity index (χ1v) is 11.0. The Labute approximate surface area is 198 Å². The van der Waals surface area contributed by atoms with Gasteiger partial charge in [0.15, 0.2) is 5.82 Å². The van der Waals surface area contributed by atoms with Crippen LogP contribution in [0.2, 0.25) is 0 Å². The second kappa shape index (κ2) is 8.71. The monoisotopic (exact) mass is 486 g/mol. The van der Waals surface area contributed by atoms with Crippen molar-refractivity contribution in [3.8, 4) is 0 Å².